The van der Waals surface area contributed by atoms with E-state index in [9.17, 15) is 4.79 Å². The van der Waals surface area contributed by atoms with E-state index in [-0.39, 0.29) is 11.8 Å². The van der Waals surface area contributed by atoms with Gasteiger partial charge in [0.15, 0.2) is 12.0 Å². The highest BCUT2D eigenvalue weighted by molar-refractivity contribution is 5.92. The van der Waals surface area contributed by atoms with Crippen molar-refractivity contribution in [2.45, 2.75) is 19.9 Å². The number of benzene rings is 1. The van der Waals surface area contributed by atoms with Crippen LogP contribution in [0.2, 0.25) is 0 Å². The topological polar surface area (TPSA) is 74.0 Å². The summed E-state index contributed by atoms with van der Waals surface area (Å²) < 4.78 is 2.02. The van der Waals surface area contributed by atoms with Crippen molar-refractivity contribution >= 4 is 11.7 Å². The fourth-order valence-electron chi connectivity index (χ4n) is 2.80. The average molecular weight is 309 g/mol. The maximum absolute atomic E-state index is 12.3. The molecule has 1 N–H and O–H groups in total. The van der Waals surface area contributed by atoms with E-state index in [1.807, 2.05) is 35.9 Å². The van der Waals surface area contributed by atoms with Crippen LogP contribution in [-0.2, 0) is 11.3 Å². The number of nitriles is 1. The van der Waals surface area contributed by atoms with Crippen LogP contribution in [0, 0.1) is 24.3 Å². The van der Waals surface area contributed by atoms with E-state index in [0.717, 1.165) is 12.4 Å². The van der Waals surface area contributed by atoms with E-state index < -0.39 is 0 Å². The van der Waals surface area contributed by atoms with Crippen LogP contribution in [0.1, 0.15) is 17.8 Å². The molecule has 0 spiro atoms. The summed E-state index contributed by atoms with van der Waals surface area (Å²) in [5.74, 6) is 1.22. The van der Waals surface area contributed by atoms with Crippen molar-refractivity contribution in [2.24, 2.45) is 5.92 Å². The van der Waals surface area contributed by atoms with Gasteiger partial charge < -0.3 is 14.8 Å². The Morgan fingerprint density at radius 3 is 2.91 bits per heavy atom. The van der Waals surface area contributed by atoms with Crippen LogP contribution in [0.5, 0.6) is 0 Å². The zero-order chi connectivity index (χ0) is 16.2. The van der Waals surface area contributed by atoms with Gasteiger partial charge >= 0.3 is 0 Å². The summed E-state index contributed by atoms with van der Waals surface area (Å²) in [6, 6.07) is 10.1. The SMILES string of the molecule is Cc1nc(NC(=O)C2CCN(C#N)C2)cn1Cc1ccccc1. The molecule has 0 saturated carbocycles. The van der Waals surface area contributed by atoms with Gasteiger partial charge in [-0.25, -0.2) is 4.98 Å². The second-order valence-corrected chi connectivity index (χ2v) is 5.81. The molecule has 1 aromatic heterocycles. The highest BCUT2D eigenvalue weighted by Crippen LogP contribution is 2.18. The first-order valence-corrected chi connectivity index (χ1v) is 7.69. The number of anilines is 1. The fraction of sp³-hybridized carbons (Fsp3) is 0.353. The molecule has 23 heavy (non-hydrogen) atoms. The predicted octanol–water partition coefficient (Wildman–Crippen LogP) is 1.98. The number of hydrogen-bond donors (Lipinski definition) is 1. The van der Waals surface area contributed by atoms with Crippen LogP contribution in [-0.4, -0.2) is 33.4 Å². The number of aryl methyl sites for hydroxylation is 1. The first-order chi connectivity index (χ1) is 11.2. The zero-order valence-corrected chi connectivity index (χ0v) is 13.1. The molecule has 1 aliphatic rings. The third kappa shape index (κ3) is 3.51. The molecular formula is C17H19N5O. The highest BCUT2D eigenvalue weighted by Gasteiger charge is 2.28. The normalized spacial score (nSPS) is 17.0. The molecule has 1 aliphatic heterocycles. The van der Waals surface area contributed by atoms with Gasteiger partial charge in [0.2, 0.25) is 5.91 Å². The largest absolute Gasteiger partial charge is 0.328 e. The van der Waals surface area contributed by atoms with Crippen molar-refractivity contribution in [2.75, 3.05) is 18.4 Å². The van der Waals surface area contributed by atoms with Crippen LogP contribution in [0.3, 0.4) is 0 Å². The van der Waals surface area contributed by atoms with Crippen LogP contribution in [0.25, 0.3) is 0 Å². The molecule has 2 heterocycles. The number of imidazole rings is 1. The summed E-state index contributed by atoms with van der Waals surface area (Å²) >= 11 is 0. The van der Waals surface area contributed by atoms with Gasteiger partial charge in [0, 0.05) is 25.8 Å². The number of hydrogen-bond acceptors (Lipinski definition) is 4. The lowest BCUT2D eigenvalue weighted by Gasteiger charge is -2.08. The molecule has 6 nitrogen and oxygen atoms in total. The highest BCUT2D eigenvalue weighted by atomic mass is 16.2. The molecular weight excluding hydrogens is 290 g/mol. The third-order valence-electron chi connectivity index (χ3n) is 4.12. The third-order valence-corrected chi connectivity index (χ3v) is 4.12. The number of aromatic nitrogens is 2. The standard InChI is InChI=1S/C17H19N5O/c1-13-19-16(11-22(13)9-14-5-3-2-4-6-14)20-17(23)15-7-8-21(10-15)12-18/h2-6,11,15H,7-10H2,1H3,(H,20,23). The number of nitrogens with one attached hydrogen (secondary N) is 1. The lowest BCUT2D eigenvalue weighted by Crippen LogP contribution is -2.25. The molecule has 1 aromatic carbocycles. The number of carbonyl (C=O) groups is 1. The Bertz CT molecular complexity index is 731. The second-order valence-electron chi connectivity index (χ2n) is 5.81. The van der Waals surface area contributed by atoms with E-state index in [1.54, 1.807) is 4.90 Å². The Morgan fingerprint density at radius 1 is 1.43 bits per heavy atom. The first-order valence-electron chi connectivity index (χ1n) is 7.69. The van der Waals surface area contributed by atoms with Gasteiger partial charge in [-0.05, 0) is 18.9 Å². The minimum absolute atomic E-state index is 0.0629. The number of carbonyl (C=O) groups excluding carboxylic acids is 1. The zero-order valence-electron chi connectivity index (χ0n) is 13.1. The molecule has 0 aliphatic carbocycles. The van der Waals surface area contributed by atoms with Crippen molar-refractivity contribution in [3.63, 3.8) is 0 Å². The van der Waals surface area contributed by atoms with Crippen molar-refractivity contribution in [1.29, 1.82) is 5.26 Å². The molecule has 1 fully saturated rings. The molecule has 1 saturated heterocycles. The molecule has 2 aromatic rings. The number of nitrogens with zero attached hydrogens (tertiary/aromatic N) is 4. The minimum atomic E-state index is -0.144. The lowest BCUT2D eigenvalue weighted by molar-refractivity contribution is -0.119. The maximum Gasteiger partial charge on any atom is 0.230 e. The molecule has 1 amide bonds. The van der Waals surface area contributed by atoms with Crippen molar-refractivity contribution in [3.8, 4) is 6.19 Å². The van der Waals surface area contributed by atoms with Gasteiger partial charge in [-0.3, -0.25) is 4.79 Å². The Labute approximate surface area is 135 Å². The van der Waals surface area contributed by atoms with Crippen molar-refractivity contribution < 1.29 is 4.79 Å². The van der Waals surface area contributed by atoms with Crippen LogP contribution >= 0.6 is 0 Å². The summed E-state index contributed by atoms with van der Waals surface area (Å²) in [6.07, 6.45) is 4.66. The van der Waals surface area contributed by atoms with Crippen LogP contribution < -0.4 is 5.32 Å². The van der Waals surface area contributed by atoms with E-state index >= 15 is 0 Å². The summed E-state index contributed by atoms with van der Waals surface area (Å²) in [6.45, 7) is 3.79. The molecule has 1 atom stereocenters. The Hall–Kier alpha value is -2.81. The second kappa shape index (κ2) is 6.53. The van der Waals surface area contributed by atoms with Gasteiger partial charge in [-0.1, -0.05) is 30.3 Å². The summed E-state index contributed by atoms with van der Waals surface area (Å²) in [4.78, 5) is 18.3. The van der Waals surface area contributed by atoms with E-state index in [1.165, 1.54) is 5.56 Å². The molecule has 0 bridgehead atoms. The maximum atomic E-state index is 12.3. The van der Waals surface area contributed by atoms with Gasteiger partial charge in [-0.2, -0.15) is 5.26 Å². The van der Waals surface area contributed by atoms with E-state index in [0.29, 0.717) is 25.3 Å². The molecule has 1 unspecified atom stereocenters. The molecule has 0 radical (unpaired) electrons. The monoisotopic (exact) mass is 309 g/mol. The average Bonchev–Trinajstić information content (AvgIpc) is 3.16. The van der Waals surface area contributed by atoms with E-state index in [2.05, 4.69) is 28.6 Å². The van der Waals surface area contributed by atoms with Crippen molar-refractivity contribution in [1.82, 2.24) is 14.5 Å². The van der Waals surface area contributed by atoms with E-state index in [4.69, 9.17) is 5.26 Å². The number of amides is 1. The lowest BCUT2D eigenvalue weighted by atomic mass is 10.1. The van der Waals surface area contributed by atoms with Gasteiger partial charge in [-0.15, -0.1) is 0 Å². The molecule has 3 rings (SSSR count). The Morgan fingerprint density at radius 2 is 2.22 bits per heavy atom. The van der Waals surface area contributed by atoms with Crippen LogP contribution in [0.4, 0.5) is 5.82 Å². The first kappa shape index (κ1) is 15.1. The molecule has 118 valence electrons. The van der Waals surface area contributed by atoms with Gasteiger partial charge in [0.1, 0.15) is 5.82 Å². The smallest absolute Gasteiger partial charge is 0.230 e. The van der Waals surface area contributed by atoms with Gasteiger partial charge in [0.05, 0.1) is 5.92 Å². The summed E-state index contributed by atoms with van der Waals surface area (Å²) in [7, 11) is 0. The van der Waals surface area contributed by atoms with Crippen molar-refractivity contribution in [3.05, 3.63) is 47.9 Å². The summed E-state index contributed by atoms with van der Waals surface area (Å²) in [5, 5.41) is 11.7. The minimum Gasteiger partial charge on any atom is -0.328 e. The Kier molecular flexibility index (Phi) is 4.29. The molecule has 6 heteroatoms. The number of likely N-dealkylation sites (tertiary alicyclic amines) is 1. The summed E-state index contributed by atoms with van der Waals surface area (Å²) in [5.41, 5.74) is 1.19. The quantitative estimate of drug-likeness (QED) is 0.876. The van der Waals surface area contributed by atoms with Gasteiger partial charge in [0.25, 0.3) is 0 Å². The fourth-order valence-corrected chi connectivity index (χ4v) is 2.80. The Balaban J connectivity index is 1.64. The predicted molar refractivity (Wildman–Crippen MR) is 86.4 cm³/mol. The van der Waals surface area contributed by atoms with Crippen LogP contribution in [0.15, 0.2) is 36.5 Å². The number of rotatable bonds is 4.